The van der Waals surface area contributed by atoms with Crippen LogP contribution in [0.4, 0.5) is 5.69 Å². The molecule has 2 N–H and O–H groups in total. The number of carbonyl (C=O) groups is 1. The van der Waals surface area contributed by atoms with E-state index in [0.717, 1.165) is 10.4 Å². The summed E-state index contributed by atoms with van der Waals surface area (Å²) in [4.78, 5) is 21.6. The van der Waals surface area contributed by atoms with E-state index in [4.69, 9.17) is 5.73 Å². The fourth-order valence-corrected chi connectivity index (χ4v) is 4.24. The van der Waals surface area contributed by atoms with Crippen LogP contribution < -0.4 is 5.73 Å². The van der Waals surface area contributed by atoms with Gasteiger partial charge in [-0.2, -0.15) is 4.31 Å². The molecule has 120 valence electrons. The third-order valence-electron chi connectivity index (χ3n) is 3.77. The maximum Gasteiger partial charge on any atom is 0.273 e. The van der Waals surface area contributed by atoms with Crippen LogP contribution >= 0.6 is 0 Å². The van der Waals surface area contributed by atoms with Gasteiger partial charge in [-0.05, 0) is 25.8 Å². The van der Waals surface area contributed by atoms with E-state index in [0.29, 0.717) is 24.8 Å². The van der Waals surface area contributed by atoms with Crippen molar-refractivity contribution >= 4 is 21.6 Å². The Hall–Kier alpha value is -2.00. The second-order valence-electron chi connectivity index (χ2n) is 5.24. The summed E-state index contributed by atoms with van der Waals surface area (Å²) in [6, 6.07) is 2.81. The van der Waals surface area contributed by atoms with Crippen molar-refractivity contribution in [1.29, 1.82) is 0 Å². The zero-order chi connectivity index (χ0) is 16.5. The van der Waals surface area contributed by atoms with Crippen molar-refractivity contribution in [1.82, 2.24) is 4.31 Å². The molecule has 1 atom stereocenters. The molecule has 0 aliphatic carbocycles. The number of benzene rings is 1. The lowest BCUT2D eigenvalue weighted by molar-refractivity contribution is -0.385. The molecule has 1 amide bonds. The number of hydrogen-bond acceptors (Lipinski definition) is 5. The summed E-state index contributed by atoms with van der Waals surface area (Å²) in [7, 11) is -4.00. The summed E-state index contributed by atoms with van der Waals surface area (Å²) in [6.07, 6.45) is 1.70. The first-order valence-corrected chi connectivity index (χ1v) is 8.25. The standard InChI is InChI=1S/C13H17N3O5S/c1-9-5-6-10(8-12(9)16(18)19)22(20,21)15-7-3-2-4-11(15)13(14)17/h5-6,8,11H,2-4,7H2,1H3,(H2,14,17). The minimum absolute atomic E-state index is 0.178. The number of nitrogens with two attached hydrogens (primary N) is 1. The van der Waals surface area contributed by atoms with Gasteiger partial charge in [-0.15, -0.1) is 0 Å². The summed E-state index contributed by atoms with van der Waals surface area (Å²) in [5.41, 5.74) is 5.38. The van der Waals surface area contributed by atoms with Gasteiger partial charge in [0.1, 0.15) is 6.04 Å². The number of piperidine rings is 1. The van der Waals surface area contributed by atoms with E-state index in [1.165, 1.54) is 19.1 Å². The number of aryl methyl sites for hydroxylation is 1. The van der Waals surface area contributed by atoms with Gasteiger partial charge in [0.15, 0.2) is 0 Å². The second-order valence-corrected chi connectivity index (χ2v) is 7.13. The highest BCUT2D eigenvalue weighted by Crippen LogP contribution is 2.28. The summed E-state index contributed by atoms with van der Waals surface area (Å²) in [6.45, 7) is 1.71. The van der Waals surface area contributed by atoms with E-state index in [1.54, 1.807) is 0 Å². The lowest BCUT2D eigenvalue weighted by Crippen LogP contribution is -2.50. The van der Waals surface area contributed by atoms with Crippen molar-refractivity contribution in [3.63, 3.8) is 0 Å². The molecule has 1 heterocycles. The van der Waals surface area contributed by atoms with E-state index >= 15 is 0 Å². The molecule has 22 heavy (non-hydrogen) atoms. The molecule has 0 radical (unpaired) electrons. The first-order chi connectivity index (χ1) is 10.2. The van der Waals surface area contributed by atoms with Crippen molar-refractivity contribution in [2.45, 2.75) is 37.1 Å². The van der Waals surface area contributed by atoms with Gasteiger partial charge in [0.05, 0.1) is 9.82 Å². The normalized spacial score (nSPS) is 19.8. The Morgan fingerprint density at radius 2 is 2.09 bits per heavy atom. The van der Waals surface area contributed by atoms with Gasteiger partial charge < -0.3 is 5.73 Å². The Balaban J connectivity index is 2.47. The summed E-state index contributed by atoms with van der Waals surface area (Å²) in [5, 5.41) is 11.0. The van der Waals surface area contributed by atoms with E-state index in [-0.39, 0.29) is 17.1 Å². The van der Waals surface area contributed by atoms with E-state index < -0.39 is 26.9 Å². The van der Waals surface area contributed by atoms with Crippen LogP contribution in [0.2, 0.25) is 0 Å². The number of hydrogen-bond donors (Lipinski definition) is 1. The fourth-order valence-electron chi connectivity index (χ4n) is 2.56. The van der Waals surface area contributed by atoms with E-state index in [1.807, 2.05) is 0 Å². The number of amides is 1. The summed E-state index contributed by atoms with van der Waals surface area (Å²) in [5.74, 6) is -0.704. The molecule has 8 nitrogen and oxygen atoms in total. The molecule has 1 unspecified atom stereocenters. The molecule has 0 aromatic heterocycles. The highest BCUT2D eigenvalue weighted by atomic mass is 32.2. The maximum atomic E-state index is 12.7. The first kappa shape index (κ1) is 16.4. The van der Waals surface area contributed by atoms with Gasteiger partial charge >= 0.3 is 0 Å². The van der Waals surface area contributed by atoms with E-state index in [9.17, 15) is 23.3 Å². The van der Waals surface area contributed by atoms with E-state index in [2.05, 4.69) is 0 Å². The number of primary amides is 1. The summed E-state index contributed by atoms with van der Waals surface area (Å²) >= 11 is 0. The third kappa shape index (κ3) is 2.95. The van der Waals surface area contributed by atoms with Gasteiger partial charge in [0, 0.05) is 18.2 Å². The minimum atomic E-state index is -4.00. The van der Waals surface area contributed by atoms with Gasteiger partial charge in [0.25, 0.3) is 5.69 Å². The zero-order valence-corrected chi connectivity index (χ0v) is 12.9. The Labute approximate surface area is 128 Å². The second kappa shape index (κ2) is 6.01. The predicted octanol–water partition coefficient (Wildman–Crippen LogP) is 0.932. The van der Waals surface area contributed by atoms with Crippen molar-refractivity contribution in [2.75, 3.05) is 6.54 Å². The molecular formula is C13H17N3O5S. The molecular weight excluding hydrogens is 310 g/mol. The maximum absolute atomic E-state index is 12.7. The molecule has 1 aliphatic heterocycles. The molecule has 1 aromatic rings. The van der Waals surface area contributed by atoms with Crippen molar-refractivity contribution in [3.05, 3.63) is 33.9 Å². The number of nitro benzene ring substituents is 1. The summed E-state index contributed by atoms with van der Waals surface area (Å²) < 4.78 is 26.4. The topological polar surface area (TPSA) is 124 Å². The Morgan fingerprint density at radius 3 is 2.68 bits per heavy atom. The molecule has 9 heteroatoms. The van der Waals surface area contributed by atoms with Crippen LogP contribution in [-0.4, -0.2) is 36.1 Å². The highest BCUT2D eigenvalue weighted by molar-refractivity contribution is 7.89. The van der Waals surface area contributed by atoms with Gasteiger partial charge in [-0.25, -0.2) is 8.42 Å². The smallest absolute Gasteiger partial charge is 0.273 e. The number of sulfonamides is 1. The van der Waals surface area contributed by atoms with Gasteiger partial charge in [0.2, 0.25) is 15.9 Å². The number of carbonyl (C=O) groups excluding carboxylic acids is 1. The highest BCUT2D eigenvalue weighted by Gasteiger charge is 2.37. The Bertz CT molecular complexity index is 716. The number of nitrogens with zero attached hydrogens (tertiary/aromatic N) is 2. The minimum Gasteiger partial charge on any atom is -0.368 e. The predicted molar refractivity (Wildman–Crippen MR) is 78.6 cm³/mol. The van der Waals surface area contributed by atoms with Crippen molar-refractivity contribution in [3.8, 4) is 0 Å². The van der Waals surface area contributed by atoms with Crippen LogP contribution in [0.15, 0.2) is 23.1 Å². The Morgan fingerprint density at radius 1 is 1.41 bits per heavy atom. The molecule has 2 rings (SSSR count). The van der Waals surface area contributed by atoms with Gasteiger partial charge in [-0.1, -0.05) is 12.5 Å². The molecule has 1 aliphatic rings. The number of rotatable bonds is 4. The molecule has 1 fully saturated rings. The SMILES string of the molecule is Cc1ccc(S(=O)(=O)N2CCCCC2C(N)=O)cc1[N+](=O)[O-]. The zero-order valence-electron chi connectivity index (χ0n) is 12.1. The molecule has 0 saturated carbocycles. The van der Waals surface area contributed by atoms with Crippen LogP contribution in [0.25, 0.3) is 0 Å². The fraction of sp³-hybridized carbons (Fsp3) is 0.462. The lowest BCUT2D eigenvalue weighted by Gasteiger charge is -2.32. The molecule has 1 saturated heterocycles. The van der Waals surface area contributed by atoms with Crippen LogP contribution in [-0.2, 0) is 14.8 Å². The number of nitro groups is 1. The first-order valence-electron chi connectivity index (χ1n) is 6.81. The monoisotopic (exact) mass is 327 g/mol. The van der Waals surface area contributed by atoms with Crippen LogP contribution in [0.1, 0.15) is 24.8 Å². The molecule has 0 spiro atoms. The average molecular weight is 327 g/mol. The van der Waals surface area contributed by atoms with Crippen LogP contribution in [0.5, 0.6) is 0 Å². The molecule has 0 bridgehead atoms. The average Bonchev–Trinajstić information content (AvgIpc) is 2.47. The Kier molecular flexibility index (Phi) is 4.47. The lowest BCUT2D eigenvalue weighted by atomic mass is 10.0. The van der Waals surface area contributed by atoms with Crippen molar-refractivity contribution < 1.29 is 18.1 Å². The third-order valence-corrected chi connectivity index (χ3v) is 5.67. The molecule has 1 aromatic carbocycles. The van der Waals surface area contributed by atoms with Crippen LogP contribution in [0, 0.1) is 17.0 Å². The van der Waals surface area contributed by atoms with Crippen LogP contribution in [0.3, 0.4) is 0 Å². The quantitative estimate of drug-likeness (QED) is 0.651. The largest absolute Gasteiger partial charge is 0.368 e. The van der Waals surface area contributed by atoms with Crippen molar-refractivity contribution in [2.24, 2.45) is 5.73 Å². The van der Waals surface area contributed by atoms with Gasteiger partial charge in [-0.3, -0.25) is 14.9 Å².